The molecule has 2 nitrogen and oxygen atoms in total. The lowest BCUT2D eigenvalue weighted by Crippen LogP contribution is -2.41. The van der Waals surface area contributed by atoms with Gasteiger partial charge in [-0.1, -0.05) is 61.0 Å². The monoisotopic (exact) mass is 345 g/mol. The quantitative estimate of drug-likeness (QED) is 0.776. The fraction of sp³-hybridized carbons (Fsp3) is 0.458. The van der Waals surface area contributed by atoms with E-state index in [4.69, 9.17) is 0 Å². The van der Waals surface area contributed by atoms with E-state index in [1.54, 1.807) is 0 Å². The first-order valence-electron chi connectivity index (χ1n) is 10.3. The Morgan fingerprint density at radius 2 is 1.69 bits per heavy atom. The van der Waals surface area contributed by atoms with E-state index in [1.807, 2.05) is 12.1 Å². The predicted molar refractivity (Wildman–Crippen MR) is 104 cm³/mol. The Hall–Kier alpha value is -1.93. The first kappa shape index (κ1) is 16.3. The van der Waals surface area contributed by atoms with E-state index in [0.29, 0.717) is 11.8 Å². The van der Waals surface area contributed by atoms with Crippen LogP contribution in [0.25, 0.3) is 0 Å². The van der Waals surface area contributed by atoms with Gasteiger partial charge < -0.3 is 0 Å². The average molecular weight is 345 g/mol. The highest BCUT2D eigenvalue weighted by Gasteiger charge is 2.45. The molecule has 26 heavy (non-hydrogen) atoms. The Morgan fingerprint density at radius 1 is 0.885 bits per heavy atom. The van der Waals surface area contributed by atoms with Gasteiger partial charge in [0.2, 0.25) is 0 Å². The van der Waals surface area contributed by atoms with Crippen LogP contribution in [-0.4, -0.2) is 23.3 Å². The topological polar surface area (TPSA) is 20.3 Å². The van der Waals surface area contributed by atoms with Gasteiger partial charge in [0, 0.05) is 23.6 Å². The summed E-state index contributed by atoms with van der Waals surface area (Å²) < 4.78 is 0. The minimum atomic E-state index is 0.0895. The van der Waals surface area contributed by atoms with Crippen LogP contribution in [0.2, 0.25) is 0 Å². The summed E-state index contributed by atoms with van der Waals surface area (Å²) in [5.74, 6) is 1.31. The summed E-state index contributed by atoms with van der Waals surface area (Å²) in [6.45, 7) is 1.15. The molecule has 2 heteroatoms. The van der Waals surface area contributed by atoms with Gasteiger partial charge in [0.1, 0.15) is 0 Å². The molecule has 1 aliphatic heterocycles. The van der Waals surface area contributed by atoms with Crippen molar-refractivity contribution in [3.8, 4) is 0 Å². The Bertz CT molecular complexity index is 799. The van der Waals surface area contributed by atoms with Crippen LogP contribution in [0, 0.1) is 11.8 Å². The van der Waals surface area contributed by atoms with Gasteiger partial charge in [-0.15, -0.1) is 0 Å². The lowest BCUT2D eigenvalue weighted by atomic mass is 9.76. The molecule has 0 N–H and O–H groups in total. The van der Waals surface area contributed by atoms with Crippen molar-refractivity contribution in [1.82, 2.24) is 4.90 Å². The Kier molecular flexibility index (Phi) is 4.17. The third kappa shape index (κ3) is 2.63. The summed E-state index contributed by atoms with van der Waals surface area (Å²) in [4.78, 5) is 16.2. The number of likely N-dealkylation sites (tertiary alicyclic amines) is 1. The number of hydrogen-bond acceptors (Lipinski definition) is 2. The number of carbonyl (C=O) groups is 1. The number of ketones is 1. The van der Waals surface area contributed by atoms with Gasteiger partial charge >= 0.3 is 0 Å². The number of hydrogen-bond donors (Lipinski definition) is 0. The number of benzene rings is 2. The van der Waals surface area contributed by atoms with Crippen molar-refractivity contribution in [2.45, 2.75) is 50.6 Å². The van der Waals surface area contributed by atoms with Crippen LogP contribution in [-0.2, 0) is 6.42 Å². The number of nitrogens with zero attached hydrogens (tertiary/aromatic N) is 1. The predicted octanol–water partition coefficient (Wildman–Crippen LogP) is 5.05. The molecule has 0 unspecified atom stereocenters. The summed E-state index contributed by atoms with van der Waals surface area (Å²) in [6, 6.07) is 20.0. The molecular formula is C24H27NO. The number of fused-ring (bicyclic) bond motifs is 2. The summed E-state index contributed by atoms with van der Waals surface area (Å²) in [7, 11) is 0. The van der Waals surface area contributed by atoms with E-state index >= 15 is 0 Å². The zero-order chi connectivity index (χ0) is 17.5. The molecule has 134 valence electrons. The lowest BCUT2D eigenvalue weighted by molar-refractivity contribution is 0.0698. The van der Waals surface area contributed by atoms with E-state index in [0.717, 1.165) is 30.9 Å². The fourth-order valence-electron chi connectivity index (χ4n) is 5.84. The van der Waals surface area contributed by atoms with Gasteiger partial charge in [0.15, 0.2) is 5.78 Å². The minimum Gasteiger partial charge on any atom is -0.294 e. The van der Waals surface area contributed by atoms with Crippen molar-refractivity contribution < 1.29 is 4.79 Å². The molecule has 0 radical (unpaired) electrons. The van der Waals surface area contributed by atoms with Gasteiger partial charge in [-0.25, -0.2) is 0 Å². The molecule has 1 saturated carbocycles. The first-order valence-corrected chi connectivity index (χ1v) is 10.3. The molecule has 0 bridgehead atoms. The molecule has 0 amide bonds. The van der Waals surface area contributed by atoms with Crippen LogP contribution >= 0.6 is 0 Å². The zero-order valence-corrected chi connectivity index (χ0v) is 15.3. The van der Waals surface area contributed by atoms with E-state index in [2.05, 4.69) is 47.4 Å². The Balaban J connectivity index is 1.54. The highest BCUT2D eigenvalue weighted by atomic mass is 16.1. The zero-order valence-electron chi connectivity index (χ0n) is 15.3. The van der Waals surface area contributed by atoms with E-state index in [-0.39, 0.29) is 12.0 Å². The van der Waals surface area contributed by atoms with E-state index < -0.39 is 0 Å². The molecule has 4 atom stereocenters. The van der Waals surface area contributed by atoms with Crippen LogP contribution in [0.4, 0.5) is 0 Å². The first-order chi connectivity index (χ1) is 12.8. The number of aryl methyl sites for hydroxylation is 1. The molecule has 0 spiro atoms. The molecule has 2 aromatic carbocycles. The second kappa shape index (κ2) is 6.66. The van der Waals surface area contributed by atoms with Crippen LogP contribution < -0.4 is 0 Å². The van der Waals surface area contributed by atoms with E-state index in [9.17, 15) is 4.79 Å². The molecule has 5 rings (SSSR count). The maximum atomic E-state index is 13.5. The fourth-order valence-corrected chi connectivity index (χ4v) is 5.84. The van der Waals surface area contributed by atoms with Crippen molar-refractivity contribution in [2.24, 2.45) is 11.8 Å². The van der Waals surface area contributed by atoms with Crippen molar-refractivity contribution in [1.29, 1.82) is 0 Å². The Morgan fingerprint density at radius 3 is 2.58 bits per heavy atom. The molecule has 0 aromatic heterocycles. The third-order valence-corrected chi connectivity index (χ3v) is 7.03. The van der Waals surface area contributed by atoms with Crippen molar-refractivity contribution in [2.75, 3.05) is 6.54 Å². The SMILES string of the molecule is O=C1c2ccccc2CC[C@H]1[C@H](c1ccccc1)N1CC[C@H]2CCC[C@H]21. The highest BCUT2D eigenvalue weighted by molar-refractivity contribution is 6.00. The second-order valence-electron chi connectivity index (χ2n) is 8.31. The van der Waals surface area contributed by atoms with Crippen molar-refractivity contribution in [3.63, 3.8) is 0 Å². The molecule has 2 aliphatic carbocycles. The molecule has 1 heterocycles. The molecular weight excluding hydrogens is 318 g/mol. The van der Waals surface area contributed by atoms with Gasteiger partial charge in [-0.3, -0.25) is 9.69 Å². The lowest BCUT2D eigenvalue weighted by Gasteiger charge is -2.39. The maximum absolute atomic E-state index is 13.5. The molecule has 2 aromatic rings. The normalized spacial score (nSPS) is 29.4. The minimum absolute atomic E-state index is 0.0895. The molecule has 3 aliphatic rings. The number of Topliss-reactive ketones (excluding diaryl/α,β-unsaturated/α-hetero) is 1. The summed E-state index contributed by atoms with van der Waals surface area (Å²) in [6.07, 6.45) is 7.36. The molecule has 2 fully saturated rings. The van der Waals surface area contributed by atoms with Gasteiger partial charge in [-0.05, 0) is 55.7 Å². The van der Waals surface area contributed by atoms with Crippen molar-refractivity contribution >= 4 is 5.78 Å². The largest absolute Gasteiger partial charge is 0.294 e. The summed E-state index contributed by atoms with van der Waals surface area (Å²) in [5.41, 5.74) is 3.53. The van der Waals surface area contributed by atoms with Crippen LogP contribution in [0.3, 0.4) is 0 Å². The van der Waals surface area contributed by atoms with Gasteiger partial charge in [-0.2, -0.15) is 0 Å². The highest BCUT2D eigenvalue weighted by Crippen LogP contribution is 2.46. The number of rotatable bonds is 3. The Labute approximate surface area is 156 Å². The average Bonchev–Trinajstić information content (AvgIpc) is 3.30. The second-order valence-corrected chi connectivity index (χ2v) is 8.31. The molecule has 1 saturated heterocycles. The van der Waals surface area contributed by atoms with Gasteiger partial charge in [0.05, 0.1) is 0 Å². The summed E-state index contributed by atoms with van der Waals surface area (Å²) in [5, 5.41) is 0. The van der Waals surface area contributed by atoms with Crippen LogP contribution in [0.1, 0.15) is 59.6 Å². The summed E-state index contributed by atoms with van der Waals surface area (Å²) >= 11 is 0. The van der Waals surface area contributed by atoms with Crippen LogP contribution in [0.15, 0.2) is 54.6 Å². The maximum Gasteiger partial charge on any atom is 0.168 e. The third-order valence-electron chi connectivity index (χ3n) is 7.03. The smallest absolute Gasteiger partial charge is 0.168 e. The number of carbonyl (C=O) groups excluding carboxylic acids is 1. The van der Waals surface area contributed by atoms with Gasteiger partial charge in [0.25, 0.3) is 0 Å². The standard InChI is InChI=1S/C24H27NO/c26-24-20-11-5-4-7-17(20)13-14-21(24)23(19-8-2-1-3-9-19)25-16-15-18-10-6-12-22(18)25/h1-5,7-9,11,18,21-23H,6,10,12-16H2/t18-,21+,22-,23+/m1/s1. The van der Waals surface area contributed by atoms with E-state index in [1.165, 1.54) is 36.8 Å². The van der Waals surface area contributed by atoms with Crippen LogP contribution in [0.5, 0.6) is 0 Å². The van der Waals surface area contributed by atoms with Crippen molar-refractivity contribution in [3.05, 3.63) is 71.3 Å².